The molecule has 388 valence electrons. The van der Waals surface area contributed by atoms with Gasteiger partial charge in [-0.25, -0.2) is 0 Å². The van der Waals surface area contributed by atoms with E-state index < -0.39 is 8.07 Å². The molecule has 17 rings (SSSR count). The lowest BCUT2D eigenvalue weighted by Crippen LogP contribution is -2.74. The minimum absolute atomic E-state index is 0.527. The summed E-state index contributed by atoms with van der Waals surface area (Å²) in [6, 6.07) is 108. The van der Waals surface area contributed by atoms with Crippen LogP contribution in [-0.2, 0) is 0 Å². The van der Waals surface area contributed by atoms with Gasteiger partial charge in [0.2, 0.25) is 11.9 Å². The molecule has 8 heteroatoms. The van der Waals surface area contributed by atoms with E-state index in [1.807, 2.05) is 0 Å². The summed E-state index contributed by atoms with van der Waals surface area (Å²) < 4.78 is 9.24. The van der Waals surface area contributed by atoms with Crippen molar-refractivity contribution in [1.82, 2.24) is 33.2 Å². The maximum atomic E-state index is 5.63. The molecule has 0 atom stereocenters. The van der Waals surface area contributed by atoms with Crippen molar-refractivity contribution in [2.75, 3.05) is 0 Å². The summed E-state index contributed by atoms with van der Waals surface area (Å²) in [5.74, 6) is 1.63. The van der Waals surface area contributed by atoms with E-state index in [1.165, 1.54) is 64.4 Å². The molecule has 5 heterocycles. The van der Waals surface area contributed by atoms with Crippen molar-refractivity contribution in [3.8, 4) is 34.7 Å². The van der Waals surface area contributed by atoms with Crippen LogP contribution >= 0.6 is 0 Å². The van der Waals surface area contributed by atoms with E-state index in [4.69, 9.17) is 15.0 Å². The summed E-state index contributed by atoms with van der Waals surface area (Å²) in [6.45, 7) is 0. The van der Waals surface area contributed by atoms with E-state index in [2.05, 4.69) is 316 Å². The number of aromatic nitrogens is 7. The van der Waals surface area contributed by atoms with Crippen LogP contribution in [0.15, 0.2) is 297 Å². The van der Waals surface area contributed by atoms with Gasteiger partial charge in [-0.05, 0) is 93.5 Å². The molecular weight excluding hydrogens is 1030 g/mol. The molecule has 0 bridgehead atoms. The molecule has 0 N–H and O–H groups in total. The Bertz CT molecular complexity index is 4930. The van der Waals surface area contributed by atoms with Gasteiger partial charge in [-0.2, -0.15) is 15.0 Å². The number of hydrogen-bond acceptors (Lipinski definition) is 3. The van der Waals surface area contributed by atoms with Gasteiger partial charge < -0.3 is 9.13 Å². The van der Waals surface area contributed by atoms with Crippen molar-refractivity contribution < 1.29 is 0 Å². The normalized spacial score (nSPS) is 12.1. The van der Waals surface area contributed by atoms with Gasteiger partial charge in [-0.15, -0.1) is 0 Å². The van der Waals surface area contributed by atoms with E-state index in [9.17, 15) is 0 Å². The summed E-state index contributed by atoms with van der Waals surface area (Å²) in [6.07, 6.45) is 0. The Balaban J connectivity index is 0.905. The maximum absolute atomic E-state index is 5.63. The quantitative estimate of drug-likeness (QED) is 0.107. The van der Waals surface area contributed by atoms with Gasteiger partial charge in [-0.3, -0.25) is 9.13 Å². The van der Waals surface area contributed by atoms with Crippen molar-refractivity contribution in [3.05, 3.63) is 297 Å². The molecule has 0 unspecified atom stereocenters. The van der Waals surface area contributed by atoms with Crippen LogP contribution < -0.4 is 20.7 Å². The first-order chi connectivity index (χ1) is 41.2. The van der Waals surface area contributed by atoms with Gasteiger partial charge in [0.25, 0.3) is 0 Å². The predicted octanol–water partition coefficient (Wildman–Crippen LogP) is 15.3. The Morgan fingerprint density at radius 2 is 0.494 bits per heavy atom. The van der Waals surface area contributed by atoms with Crippen LogP contribution in [0, 0.1) is 0 Å². The second kappa shape index (κ2) is 18.6. The van der Waals surface area contributed by atoms with Gasteiger partial charge in [-0.1, -0.05) is 224 Å². The van der Waals surface area contributed by atoms with Crippen LogP contribution in [-0.4, -0.2) is 41.3 Å². The van der Waals surface area contributed by atoms with Crippen LogP contribution in [0.25, 0.3) is 122 Å². The molecule has 0 fully saturated rings. The van der Waals surface area contributed by atoms with Crippen LogP contribution in [0.4, 0.5) is 0 Å². The molecule has 0 saturated heterocycles. The molecule has 5 aromatic heterocycles. The van der Waals surface area contributed by atoms with Gasteiger partial charge in [0.1, 0.15) is 0 Å². The first-order valence-electron chi connectivity index (χ1n) is 28.3. The van der Waals surface area contributed by atoms with Crippen molar-refractivity contribution >= 4 is 116 Å². The zero-order chi connectivity index (χ0) is 54.6. The molecule has 0 aliphatic rings. The lowest BCUT2D eigenvalue weighted by atomic mass is 10.1. The standard InChI is InChI=1S/C75H49N7Si/c1-4-22-53(23-5-1)83(54-24-6-2-7-25-54,55-26-8-3-9-27-55)56-44-40-50(41-45-56)73-76-74(81-69-38-20-14-32-61(69)63-48-51(42-46-71(63)81)79-65-34-16-10-28-57(65)58-29-11-17-35-66(58)79)78-75(77-73)82-70-39-21-15-33-62(70)64-49-52(43-47-72(64)82)80-67-36-18-12-30-59(67)60-31-13-19-37-68(60)80/h1-49H. The zero-order valence-corrected chi connectivity index (χ0v) is 45.9. The topological polar surface area (TPSA) is 58.4 Å². The largest absolute Gasteiger partial charge is 0.309 e. The highest BCUT2D eigenvalue weighted by molar-refractivity contribution is 7.19. The molecule has 0 spiro atoms. The Kier molecular flexibility index (Phi) is 10.5. The van der Waals surface area contributed by atoms with E-state index in [0.717, 1.165) is 60.5 Å². The zero-order valence-electron chi connectivity index (χ0n) is 44.9. The van der Waals surface area contributed by atoms with Crippen molar-refractivity contribution in [3.63, 3.8) is 0 Å². The fraction of sp³-hybridized carbons (Fsp3) is 0. The number of nitrogens with zero attached hydrogens (tertiary/aromatic N) is 7. The molecule has 83 heavy (non-hydrogen) atoms. The van der Waals surface area contributed by atoms with Crippen molar-refractivity contribution in [2.45, 2.75) is 0 Å². The first-order valence-corrected chi connectivity index (χ1v) is 30.3. The van der Waals surface area contributed by atoms with Gasteiger partial charge in [0.05, 0.1) is 44.1 Å². The molecule has 0 aliphatic heterocycles. The van der Waals surface area contributed by atoms with E-state index >= 15 is 0 Å². The second-order valence-corrected chi connectivity index (χ2v) is 25.3. The average molecular weight is 1080 g/mol. The SMILES string of the molecule is c1ccc([Si](c2ccccc2)(c2ccccc2)c2ccc(-c3nc(-n4c5ccccc5c5cc(-n6c7ccccc7c7ccccc76)ccc54)nc(-n4c5ccccc5c5cc(-n6c7ccccc7c7ccccc76)ccc54)n3)cc2)cc1. The summed E-state index contributed by atoms with van der Waals surface area (Å²) in [5.41, 5.74) is 11.7. The van der Waals surface area contributed by atoms with E-state index in [-0.39, 0.29) is 0 Å². The highest BCUT2D eigenvalue weighted by Crippen LogP contribution is 2.40. The van der Waals surface area contributed by atoms with Gasteiger partial charge in [0.15, 0.2) is 13.9 Å². The Labute approximate surface area is 478 Å². The molecule has 0 radical (unpaired) electrons. The van der Waals surface area contributed by atoms with Gasteiger partial charge >= 0.3 is 0 Å². The molecule has 0 saturated carbocycles. The molecule has 0 aliphatic carbocycles. The highest BCUT2D eigenvalue weighted by atomic mass is 28.3. The lowest BCUT2D eigenvalue weighted by Gasteiger charge is -2.34. The van der Waals surface area contributed by atoms with Crippen LogP contribution in [0.3, 0.4) is 0 Å². The number of benzene rings is 12. The minimum atomic E-state index is -2.83. The van der Waals surface area contributed by atoms with Crippen molar-refractivity contribution in [2.24, 2.45) is 0 Å². The smallest absolute Gasteiger partial charge is 0.240 e. The molecule has 0 amide bonds. The highest BCUT2D eigenvalue weighted by Gasteiger charge is 2.41. The van der Waals surface area contributed by atoms with Crippen LogP contribution in [0.2, 0.25) is 0 Å². The third-order valence-corrected chi connectivity index (χ3v) is 22.0. The number of hydrogen-bond donors (Lipinski definition) is 0. The maximum Gasteiger partial charge on any atom is 0.240 e. The third-order valence-electron chi connectivity index (χ3n) is 17.2. The molecule has 12 aromatic carbocycles. The second-order valence-electron chi connectivity index (χ2n) is 21.5. The summed E-state index contributed by atoms with van der Waals surface area (Å²) in [5, 5.41) is 14.5. The lowest BCUT2D eigenvalue weighted by molar-refractivity contribution is 0.893. The Morgan fingerprint density at radius 3 is 0.843 bits per heavy atom. The number of rotatable bonds is 9. The average Bonchev–Trinajstić information content (AvgIpc) is 3.06. The number of fused-ring (bicyclic) bond motifs is 12. The third kappa shape index (κ3) is 7.06. The summed E-state index contributed by atoms with van der Waals surface area (Å²) in [4.78, 5) is 16.8. The number of para-hydroxylation sites is 6. The fourth-order valence-corrected chi connectivity index (χ4v) is 18.4. The fourth-order valence-electron chi connectivity index (χ4n) is 13.6. The first kappa shape index (κ1) is 46.9. The Morgan fingerprint density at radius 1 is 0.217 bits per heavy atom. The predicted molar refractivity (Wildman–Crippen MR) is 346 cm³/mol. The molecular formula is C75H49N7Si. The molecule has 17 aromatic rings. The van der Waals surface area contributed by atoms with Crippen LogP contribution in [0.1, 0.15) is 0 Å². The molecule has 7 nitrogen and oxygen atoms in total. The van der Waals surface area contributed by atoms with Gasteiger partial charge in [0, 0.05) is 60.0 Å². The van der Waals surface area contributed by atoms with Crippen LogP contribution in [0.5, 0.6) is 0 Å². The Hall–Kier alpha value is -10.9. The summed E-state index contributed by atoms with van der Waals surface area (Å²) >= 11 is 0. The van der Waals surface area contributed by atoms with E-state index in [1.54, 1.807) is 0 Å². The minimum Gasteiger partial charge on any atom is -0.309 e. The van der Waals surface area contributed by atoms with E-state index in [0.29, 0.717) is 17.7 Å². The van der Waals surface area contributed by atoms with Crippen molar-refractivity contribution in [1.29, 1.82) is 0 Å². The summed E-state index contributed by atoms with van der Waals surface area (Å²) in [7, 11) is -2.83. The monoisotopic (exact) mass is 1080 g/mol.